The summed E-state index contributed by atoms with van der Waals surface area (Å²) in [5.41, 5.74) is 0. The monoisotopic (exact) mass is 1170 g/mol. The number of carbonyl (C=O) groups excluding carboxylic acids is 3. The molecule has 1 atom stereocenters. The van der Waals surface area contributed by atoms with Crippen molar-refractivity contribution in [3.05, 3.63) is 36.5 Å². The molecule has 0 fully saturated rings. The maximum Gasteiger partial charge on any atom is 0.306 e. The molecule has 0 bridgehead atoms. The predicted octanol–water partition coefficient (Wildman–Crippen LogP) is 25.9. The number of carbonyl (C=O) groups is 3. The van der Waals surface area contributed by atoms with Crippen LogP contribution in [0.1, 0.15) is 419 Å². The van der Waals surface area contributed by atoms with Crippen LogP contribution in [-0.4, -0.2) is 37.2 Å². The molecule has 0 aliphatic heterocycles. The SMILES string of the molecule is CCCCCCC/C=C\C/C=C\C/C=C\CCCCCCCCCCC(=O)OC(COC(=O)CCCCCCCCCCCCCCCCCCC)COC(=O)CCCCCCCCCCCCCCCCCCCCCCCCCCC. The zero-order valence-electron chi connectivity index (χ0n) is 56.2. The lowest BCUT2D eigenvalue weighted by atomic mass is 10.0. The molecule has 6 nitrogen and oxygen atoms in total. The third-order valence-corrected chi connectivity index (χ3v) is 17.1. The molecule has 0 aliphatic carbocycles. The van der Waals surface area contributed by atoms with Crippen molar-refractivity contribution in [3.63, 3.8) is 0 Å². The molecule has 0 radical (unpaired) electrons. The van der Waals surface area contributed by atoms with Crippen LogP contribution in [-0.2, 0) is 28.6 Å². The highest BCUT2D eigenvalue weighted by Gasteiger charge is 2.20. The molecular weight excluding hydrogens is 1020 g/mol. The molecule has 0 saturated heterocycles. The maximum absolute atomic E-state index is 13.0. The Morgan fingerprint density at radius 1 is 0.241 bits per heavy atom. The van der Waals surface area contributed by atoms with E-state index < -0.39 is 6.10 Å². The number of esters is 3. The summed E-state index contributed by atoms with van der Waals surface area (Å²) >= 11 is 0. The Labute approximate surface area is 518 Å². The molecular formula is C77H144O6. The lowest BCUT2D eigenvalue weighted by Gasteiger charge is -2.18. The van der Waals surface area contributed by atoms with Crippen molar-refractivity contribution in [2.45, 2.75) is 425 Å². The summed E-state index contributed by atoms with van der Waals surface area (Å²) in [4.78, 5) is 38.5. The molecule has 0 N–H and O–H groups in total. The van der Waals surface area contributed by atoms with E-state index in [2.05, 4.69) is 57.2 Å². The van der Waals surface area contributed by atoms with Gasteiger partial charge in [0.25, 0.3) is 0 Å². The Kier molecular flexibility index (Phi) is 70.0. The molecule has 1 unspecified atom stereocenters. The quantitative estimate of drug-likeness (QED) is 0.0261. The van der Waals surface area contributed by atoms with Crippen LogP contribution in [0, 0.1) is 0 Å². The van der Waals surface area contributed by atoms with Crippen molar-refractivity contribution in [2.24, 2.45) is 0 Å². The summed E-state index contributed by atoms with van der Waals surface area (Å²) in [7, 11) is 0. The highest BCUT2D eigenvalue weighted by molar-refractivity contribution is 5.71. The van der Waals surface area contributed by atoms with E-state index >= 15 is 0 Å². The van der Waals surface area contributed by atoms with Crippen LogP contribution in [0.15, 0.2) is 36.5 Å². The van der Waals surface area contributed by atoms with Crippen LogP contribution in [0.4, 0.5) is 0 Å². The van der Waals surface area contributed by atoms with Gasteiger partial charge in [-0.2, -0.15) is 0 Å². The van der Waals surface area contributed by atoms with Gasteiger partial charge in [0.05, 0.1) is 0 Å². The Hall–Kier alpha value is -2.37. The molecule has 0 amide bonds. The summed E-state index contributed by atoms with van der Waals surface area (Å²) in [5, 5.41) is 0. The van der Waals surface area contributed by atoms with Gasteiger partial charge in [0, 0.05) is 19.3 Å². The normalized spacial score (nSPS) is 12.2. The van der Waals surface area contributed by atoms with Gasteiger partial charge in [-0.15, -0.1) is 0 Å². The summed E-state index contributed by atoms with van der Waals surface area (Å²) in [6.07, 6.45) is 90.4. The van der Waals surface area contributed by atoms with Gasteiger partial charge in [0.1, 0.15) is 13.2 Å². The van der Waals surface area contributed by atoms with Crippen molar-refractivity contribution >= 4 is 17.9 Å². The first-order valence-corrected chi connectivity index (χ1v) is 37.5. The molecule has 0 aromatic carbocycles. The van der Waals surface area contributed by atoms with Gasteiger partial charge in [-0.05, 0) is 57.8 Å². The highest BCUT2D eigenvalue weighted by atomic mass is 16.6. The van der Waals surface area contributed by atoms with E-state index in [9.17, 15) is 14.4 Å². The highest BCUT2D eigenvalue weighted by Crippen LogP contribution is 2.19. The van der Waals surface area contributed by atoms with Crippen LogP contribution >= 0.6 is 0 Å². The van der Waals surface area contributed by atoms with Gasteiger partial charge in [-0.3, -0.25) is 14.4 Å². The lowest BCUT2D eigenvalue weighted by molar-refractivity contribution is -0.167. The first-order chi connectivity index (χ1) is 41.0. The minimum Gasteiger partial charge on any atom is -0.462 e. The molecule has 0 heterocycles. The van der Waals surface area contributed by atoms with E-state index in [1.807, 2.05) is 0 Å². The minimum absolute atomic E-state index is 0.0690. The summed E-state index contributed by atoms with van der Waals surface area (Å²) in [5.74, 6) is -0.841. The average molecular weight is 1170 g/mol. The number of hydrogen-bond donors (Lipinski definition) is 0. The second-order valence-corrected chi connectivity index (χ2v) is 25.6. The molecule has 0 spiro atoms. The second-order valence-electron chi connectivity index (χ2n) is 25.6. The standard InChI is InChI=1S/C77H144O6/c1-4-7-10-13-16-19-22-25-28-31-33-35-37-38-40-41-43-46-49-52-55-58-61-64-67-70-76(79)82-73-74(72-81-75(78)69-66-63-60-57-54-51-48-45-30-27-24-21-18-15-12-9-6-3)83-77(80)71-68-65-62-59-56-53-50-47-44-42-39-36-34-32-29-26-23-20-17-14-11-8-5-2/h23,26,32,34,39,42,74H,4-22,24-25,27-31,33,35-38,40-41,43-73H2,1-3H3/b26-23-,34-32-,42-39-. The van der Waals surface area contributed by atoms with Crippen molar-refractivity contribution < 1.29 is 28.6 Å². The Morgan fingerprint density at radius 3 is 0.675 bits per heavy atom. The van der Waals surface area contributed by atoms with Gasteiger partial charge in [-0.25, -0.2) is 0 Å². The van der Waals surface area contributed by atoms with Crippen LogP contribution in [0.25, 0.3) is 0 Å². The van der Waals surface area contributed by atoms with Crippen LogP contribution < -0.4 is 0 Å². The molecule has 0 saturated carbocycles. The maximum atomic E-state index is 13.0. The van der Waals surface area contributed by atoms with Gasteiger partial charge in [0.2, 0.25) is 0 Å². The zero-order valence-corrected chi connectivity index (χ0v) is 56.2. The van der Waals surface area contributed by atoms with Crippen molar-refractivity contribution in [3.8, 4) is 0 Å². The van der Waals surface area contributed by atoms with Crippen molar-refractivity contribution in [1.82, 2.24) is 0 Å². The van der Waals surface area contributed by atoms with Crippen LogP contribution in [0.5, 0.6) is 0 Å². The average Bonchev–Trinajstić information content (AvgIpc) is 3.49. The summed E-state index contributed by atoms with van der Waals surface area (Å²) < 4.78 is 17.0. The van der Waals surface area contributed by atoms with E-state index in [0.717, 1.165) is 77.0 Å². The number of unbranched alkanes of at least 4 members (excludes halogenated alkanes) is 53. The lowest BCUT2D eigenvalue weighted by Crippen LogP contribution is -2.30. The van der Waals surface area contributed by atoms with Crippen LogP contribution in [0.2, 0.25) is 0 Å². The first kappa shape index (κ1) is 80.6. The number of ether oxygens (including phenoxy) is 3. The number of allylic oxidation sites excluding steroid dienone is 6. The van der Waals surface area contributed by atoms with Gasteiger partial charge >= 0.3 is 17.9 Å². The summed E-state index contributed by atoms with van der Waals surface area (Å²) in [6, 6.07) is 0. The van der Waals surface area contributed by atoms with Gasteiger partial charge in [-0.1, -0.05) is 378 Å². The van der Waals surface area contributed by atoms with Gasteiger partial charge < -0.3 is 14.2 Å². The van der Waals surface area contributed by atoms with Gasteiger partial charge in [0.15, 0.2) is 6.10 Å². The third-order valence-electron chi connectivity index (χ3n) is 17.1. The van der Waals surface area contributed by atoms with Crippen molar-refractivity contribution in [2.75, 3.05) is 13.2 Å². The topological polar surface area (TPSA) is 78.9 Å². The molecule has 488 valence electrons. The first-order valence-electron chi connectivity index (χ1n) is 37.5. The fraction of sp³-hybridized carbons (Fsp3) is 0.883. The van der Waals surface area contributed by atoms with E-state index in [1.165, 1.54) is 302 Å². The Morgan fingerprint density at radius 2 is 0.434 bits per heavy atom. The van der Waals surface area contributed by atoms with E-state index in [0.29, 0.717) is 19.3 Å². The van der Waals surface area contributed by atoms with Crippen molar-refractivity contribution in [1.29, 1.82) is 0 Å². The number of rotatable bonds is 70. The largest absolute Gasteiger partial charge is 0.462 e. The molecule has 0 aromatic heterocycles. The van der Waals surface area contributed by atoms with E-state index in [4.69, 9.17) is 14.2 Å². The second kappa shape index (κ2) is 72.1. The number of hydrogen-bond acceptors (Lipinski definition) is 6. The fourth-order valence-electron chi connectivity index (χ4n) is 11.5. The molecule has 0 aromatic rings. The van der Waals surface area contributed by atoms with E-state index in [1.54, 1.807) is 0 Å². The minimum atomic E-state index is -0.775. The fourth-order valence-corrected chi connectivity index (χ4v) is 11.5. The molecule has 0 aliphatic rings. The third kappa shape index (κ3) is 70.3. The molecule has 83 heavy (non-hydrogen) atoms. The Bertz CT molecular complexity index is 1380. The zero-order chi connectivity index (χ0) is 59.9. The smallest absolute Gasteiger partial charge is 0.306 e. The Balaban J connectivity index is 4.29. The predicted molar refractivity (Wildman–Crippen MR) is 362 cm³/mol. The summed E-state index contributed by atoms with van der Waals surface area (Å²) in [6.45, 7) is 6.72. The molecule has 0 rings (SSSR count). The van der Waals surface area contributed by atoms with Crippen LogP contribution in [0.3, 0.4) is 0 Å². The van der Waals surface area contributed by atoms with E-state index in [-0.39, 0.29) is 31.1 Å². The molecule has 6 heteroatoms.